The Kier molecular flexibility index (Phi) is 3.83. The lowest BCUT2D eigenvalue weighted by molar-refractivity contribution is 0.356. The van der Waals surface area contributed by atoms with Crippen LogP contribution in [0, 0.1) is 0 Å². The molecule has 0 saturated carbocycles. The van der Waals surface area contributed by atoms with Crippen LogP contribution in [-0.4, -0.2) is 11.7 Å². The van der Waals surface area contributed by atoms with Crippen molar-refractivity contribution in [1.82, 2.24) is 0 Å². The van der Waals surface area contributed by atoms with Crippen molar-refractivity contribution in [2.24, 2.45) is 0 Å². The Labute approximate surface area is 62.4 Å². The number of halogens is 2. The number of hydrogen-bond acceptors (Lipinski definition) is 1. The SMILES string of the molecule is CCO[Si](C)(Cl)I. The van der Waals surface area contributed by atoms with Gasteiger partial charge in [0.25, 0.3) is 0 Å². The average molecular weight is 251 g/mol. The van der Waals surface area contributed by atoms with Gasteiger partial charge in [0.05, 0.1) is 0 Å². The molecule has 1 atom stereocenters. The number of hydrogen-bond donors (Lipinski definition) is 0. The smallest absolute Gasteiger partial charge is 0.353 e. The van der Waals surface area contributed by atoms with Gasteiger partial charge >= 0.3 is 5.12 Å². The van der Waals surface area contributed by atoms with E-state index in [9.17, 15) is 0 Å². The van der Waals surface area contributed by atoms with Crippen LogP contribution in [0.3, 0.4) is 0 Å². The molecule has 44 valence electrons. The van der Waals surface area contributed by atoms with E-state index in [-0.39, 0.29) is 0 Å². The van der Waals surface area contributed by atoms with E-state index in [0.29, 0.717) is 0 Å². The third-order valence-electron chi connectivity index (χ3n) is 0.398. The molecule has 0 aromatic heterocycles. The maximum atomic E-state index is 5.74. The van der Waals surface area contributed by atoms with Crippen molar-refractivity contribution in [3.63, 3.8) is 0 Å². The minimum atomic E-state index is -1.71. The molecule has 4 heteroatoms. The zero-order valence-corrected chi connectivity index (χ0v) is 8.28. The summed E-state index contributed by atoms with van der Waals surface area (Å²) < 4.78 is 5.12. The van der Waals surface area contributed by atoms with Crippen molar-refractivity contribution in [2.75, 3.05) is 6.61 Å². The average Bonchev–Trinajstić information content (AvgIpc) is 1.30. The Balaban J connectivity index is 3.15. The largest absolute Gasteiger partial charge is 0.396 e. The third-order valence-corrected chi connectivity index (χ3v) is 2.45. The highest BCUT2D eigenvalue weighted by Gasteiger charge is 2.19. The summed E-state index contributed by atoms with van der Waals surface area (Å²) in [6.07, 6.45) is 0. The molecule has 0 fully saturated rings. The Hall–Kier alpha value is 1.20. The van der Waals surface area contributed by atoms with E-state index in [0.717, 1.165) is 6.61 Å². The van der Waals surface area contributed by atoms with Gasteiger partial charge in [-0.2, -0.15) is 0 Å². The summed E-state index contributed by atoms with van der Waals surface area (Å²) in [6, 6.07) is 0. The van der Waals surface area contributed by atoms with E-state index >= 15 is 0 Å². The fourth-order valence-electron chi connectivity index (χ4n) is 0.253. The standard InChI is InChI=1S/C3H8ClIOSi/c1-3-6-7(2,4)5/h3H2,1-2H3. The van der Waals surface area contributed by atoms with E-state index in [1.807, 2.05) is 13.5 Å². The van der Waals surface area contributed by atoms with Gasteiger partial charge < -0.3 is 4.43 Å². The second kappa shape index (κ2) is 3.27. The first-order valence-electron chi connectivity index (χ1n) is 2.08. The van der Waals surface area contributed by atoms with Gasteiger partial charge in [0, 0.05) is 6.61 Å². The summed E-state index contributed by atoms with van der Waals surface area (Å²) in [4.78, 5) is 0. The van der Waals surface area contributed by atoms with Gasteiger partial charge in [-0.05, 0) is 13.5 Å². The maximum Gasteiger partial charge on any atom is 0.353 e. The molecule has 0 aliphatic rings. The molecule has 0 N–H and O–H groups in total. The Morgan fingerprint density at radius 3 is 2.29 bits per heavy atom. The molecule has 0 bridgehead atoms. The van der Waals surface area contributed by atoms with Crippen LogP contribution >= 0.6 is 32.9 Å². The first-order valence-corrected chi connectivity index (χ1v) is 8.61. The van der Waals surface area contributed by atoms with E-state index in [1.54, 1.807) is 0 Å². The molecule has 0 rings (SSSR count). The molecule has 0 aliphatic heterocycles. The van der Waals surface area contributed by atoms with Gasteiger partial charge in [-0.15, -0.1) is 11.1 Å². The van der Waals surface area contributed by atoms with Gasteiger partial charge in [0.1, 0.15) is 0 Å². The second-order valence-electron chi connectivity index (χ2n) is 1.24. The Morgan fingerprint density at radius 2 is 2.29 bits per heavy atom. The van der Waals surface area contributed by atoms with Crippen LogP contribution in [-0.2, 0) is 4.43 Å². The zero-order valence-electron chi connectivity index (χ0n) is 4.37. The Bertz CT molecular complexity index is 53.4. The predicted molar refractivity (Wildman–Crippen MR) is 43.1 cm³/mol. The van der Waals surface area contributed by atoms with Gasteiger partial charge in [-0.25, -0.2) is 0 Å². The molecule has 0 aliphatic carbocycles. The van der Waals surface area contributed by atoms with Crippen molar-refractivity contribution < 1.29 is 4.43 Å². The van der Waals surface area contributed by atoms with Crippen molar-refractivity contribution in [1.29, 1.82) is 0 Å². The first-order chi connectivity index (χ1) is 3.06. The highest BCUT2D eigenvalue weighted by Crippen LogP contribution is 2.17. The predicted octanol–water partition coefficient (Wildman–Crippen LogP) is 2.27. The molecule has 7 heavy (non-hydrogen) atoms. The van der Waals surface area contributed by atoms with Crippen LogP contribution in [0.25, 0.3) is 0 Å². The topological polar surface area (TPSA) is 9.23 Å². The first kappa shape index (κ1) is 8.20. The van der Waals surface area contributed by atoms with Crippen LogP contribution in [0.1, 0.15) is 6.92 Å². The molecule has 0 spiro atoms. The van der Waals surface area contributed by atoms with Crippen molar-refractivity contribution in [2.45, 2.75) is 13.5 Å². The minimum absolute atomic E-state index is 0.731. The lowest BCUT2D eigenvalue weighted by Gasteiger charge is -2.08. The summed E-state index contributed by atoms with van der Waals surface area (Å²) >= 11 is 7.90. The van der Waals surface area contributed by atoms with Crippen LogP contribution in [0.15, 0.2) is 0 Å². The molecule has 0 radical (unpaired) electrons. The van der Waals surface area contributed by atoms with Crippen LogP contribution in [0.4, 0.5) is 0 Å². The molecule has 0 heterocycles. The van der Waals surface area contributed by atoms with Crippen LogP contribution < -0.4 is 0 Å². The van der Waals surface area contributed by atoms with E-state index in [4.69, 9.17) is 15.5 Å². The lowest BCUT2D eigenvalue weighted by Crippen LogP contribution is -2.17. The van der Waals surface area contributed by atoms with Crippen molar-refractivity contribution >= 4 is 38.0 Å². The molecular weight excluding hydrogens is 242 g/mol. The molecule has 0 saturated heterocycles. The third kappa shape index (κ3) is 7.20. The Morgan fingerprint density at radius 1 is 1.86 bits per heavy atom. The normalized spacial score (nSPS) is 18.9. The molecule has 0 amide bonds. The number of rotatable bonds is 2. The molecular formula is C3H8ClIOSi. The van der Waals surface area contributed by atoms with Gasteiger partial charge in [-0.1, -0.05) is 21.8 Å². The van der Waals surface area contributed by atoms with E-state index < -0.39 is 5.12 Å². The summed E-state index contributed by atoms with van der Waals surface area (Å²) in [6.45, 7) is 4.63. The molecule has 0 aromatic carbocycles. The molecule has 0 aromatic rings. The summed E-state index contributed by atoms with van der Waals surface area (Å²) in [5.74, 6) is 0. The van der Waals surface area contributed by atoms with Crippen LogP contribution in [0.2, 0.25) is 6.55 Å². The quantitative estimate of drug-likeness (QED) is 0.415. The van der Waals surface area contributed by atoms with Crippen LogP contribution in [0.5, 0.6) is 0 Å². The van der Waals surface area contributed by atoms with E-state index in [2.05, 4.69) is 21.8 Å². The van der Waals surface area contributed by atoms with Gasteiger partial charge in [0.15, 0.2) is 0 Å². The fourth-order valence-corrected chi connectivity index (χ4v) is 2.02. The minimum Gasteiger partial charge on any atom is -0.396 e. The molecule has 1 unspecified atom stereocenters. The summed E-state index contributed by atoms with van der Waals surface area (Å²) in [5.41, 5.74) is 0. The second-order valence-corrected chi connectivity index (χ2v) is 13.4. The fraction of sp³-hybridized carbons (Fsp3) is 1.00. The van der Waals surface area contributed by atoms with Gasteiger partial charge in [0.2, 0.25) is 0 Å². The van der Waals surface area contributed by atoms with E-state index in [1.165, 1.54) is 0 Å². The lowest BCUT2D eigenvalue weighted by atomic mass is 10.9. The maximum absolute atomic E-state index is 5.74. The monoisotopic (exact) mass is 250 g/mol. The highest BCUT2D eigenvalue weighted by atomic mass is 127. The van der Waals surface area contributed by atoms with Crippen molar-refractivity contribution in [3.05, 3.63) is 0 Å². The zero-order chi connectivity index (χ0) is 5.91. The molecule has 1 nitrogen and oxygen atoms in total. The van der Waals surface area contributed by atoms with Gasteiger partial charge in [-0.3, -0.25) is 0 Å². The summed E-state index contributed by atoms with van der Waals surface area (Å²) in [7, 11) is 0. The van der Waals surface area contributed by atoms with Crippen molar-refractivity contribution in [3.8, 4) is 0 Å². The highest BCUT2D eigenvalue weighted by molar-refractivity contribution is 14.1. The summed E-state index contributed by atoms with van der Waals surface area (Å²) in [5, 5.41) is -1.71.